The summed E-state index contributed by atoms with van der Waals surface area (Å²) in [4.78, 5) is 16.4. The molecule has 0 saturated heterocycles. The van der Waals surface area contributed by atoms with Gasteiger partial charge < -0.3 is 11.1 Å². The number of primary amides is 1. The highest BCUT2D eigenvalue weighted by atomic mass is 32.2. The van der Waals surface area contributed by atoms with E-state index in [1.807, 2.05) is 12.3 Å². The second-order valence-corrected chi connectivity index (χ2v) is 7.53. The van der Waals surface area contributed by atoms with Gasteiger partial charge in [0, 0.05) is 22.9 Å². The second-order valence-electron chi connectivity index (χ2n) is 5.45. The normalized spacial score (nSPS) is 18.5. The number of carbonyl (C=O) groups excluding carboxylic acids is 1. The Labute approximate surface area is 122 Å². The summed E-state index contributed by atoms with van der Waals surface area (Å²) in [5, 5.41) is 5.44. The summed E-state index contributed by atoms with van der Waals surface area (Å²) >= 11 is 3.26. The second kappa shape index (κ2) is 5.81. The van der Waals surface area contributed by atoms with E-state index in [-0.39, 0.29) is 11.9 Å². The number of carbonyl (C=O) groups is 1. The van der Waals surface area contributed by atoms with Gasteiger partial charge in [-0.1, -0.05) is 11.8 Å². The van der Waals surface area contributed by atoms with E-state index in [2.05, 4.69) is 24.1 Å². The van der Waals surface area contributed by atoms with Gasteiger partial charge in [-0.3, -0.25) is 4.79 Å². The van der Waals surface area contributed by atoms with Crippen LogP contribution in [0.25, 0.3) is 0 Å². The third-order valence-electron chi connectivity index (χ3n) is 3.28. The number of hydrogen-bond donors (Lipinski definition) is 2. The molecule has 1 aliphatic carbocycles. The van der Waals surface area contributed by atoms with E-state index in [1.54, 1.807) is 23.1 Å². The molecule has 0 aromatic carbocycles. The van der Waals surface area contributed by atoms with Crippen LogP contribution in [0.1, 0.15) is 32.4 Å². The quantitative estimate of drug-likeness (QED) is 0.757. The molecule has 6 heteroatoms. The first kappa shape index (κ1) is 14.8. The molecule has 1 saturated carbocycles. The number of thiazole rings is 1. The van der Waals surface area contributed by atoms with E-state index in [9.17, 15) is 4.79 Å². The molecule has 19 heavy (non-hydrogen) atoms. The average Bonchev–Trinajstić information content (AvgIpc) is 3.08. The van der Waals surface area contributed by atoms with Gasteiger partial charge in [-0.25, -0.2) is 4.98 Å². The maximum atomic E-state index is 12.0. The number of amides is 1. The molecule has 0 radical (unpaired) electrons. The molecule has 4 nitrogen and oxygen atoms in total. The molecule has 1 atom stereocenters. The Morgan fingerprint density at radius 1 is 1.68 bits per heavy atom. The van der Waals surface area contributed by atoms with Crippen LogP contribution in [-0.4, -0.2) is 28.2 Å². The van der Waals surface area contributed by atoms with Crippen molar-refractivity contribution in [1.82, 2.24) is 10.3 Å². The van der Waals surface area contributed by atoms with Crippen molar-refractivity contribution in [3.05, 3.63) is 11.1 Å². The third kappa shape index (κ3) is 3.49. The molecule has 0 spiro atoms. The number of thioether (sulfide) groups is 1. The topological polar surface area (TPSA) is 68.0 Å². The third-order valence-corrected chi connectivity index (χ3v) is 5.61. The van der Waals surface area contributed by atoms with Crippen LogP contribution in [0.3, 0.4) is 0 Å². The molecule has 1 fully saturated rings. The predicted octanol–water partition coefficient (Wildman–Crippen LogP) is 2.18. The fourth-order valence-corrected chi connectivity index (χ4v) is 4.42. The first-order valence-electron chi connectivity index (χ1n) is 6.56. The average molecular weight is 299 g/mol. The zero-order chi connectivity index (χ0) is 14.0. The summed E-state index contributed by atoms with van der Waals surface area (Å²) in [7, 11) is 0. The number of rotatable bonds is 7. The van der Waals surface area contributed by atoms with Crippen LogP contribution in [0, 0.1) is 12.8 Å². The molecule has 1 aromatic heterocycles. The number of nitrogens with two attached hydrogens (primary N) is 1. The number of nitrogens with one attached hydrogen (secondary N) is 1. The van der Waals surface area contributed by atoms with Gasteiger partial charge in [0.1, 0.15) is 9.88 Å². The standard InChI is InChI=1S/C13H21N3OS2/c1-8(2)16-13(11(14)17,10-4-5-10)7-19-12-15-9(3)6-18-12/h6,8,10,16H,4-5,7H2,1-3H3,(H2,14,17). The summed E-state index contributed by atoms with van der Waals surface area (Å²) in [5.74, 6) is 0.809. The van der Waals surface area contributed by atoms with Crippen molar-refractivity contribution >= 4 is 29.0 Å². The van der Waals surface area contributed by atoms with Crippen molar-refractivity contribution in [2.24, 2.45) is 11.7 Å². The Morgan fingerprint density at radius 3 is 2.79 bits per heavy atom. The minimum Gasteiger partial charge on any atom is -0.368 e. The van der Waals surface area contributed by atoms with E-state index in [0.717, 1.165) is 22.9 Å². The van der Waals surface area contributed by atoms with E-state index >= 15 is 0 Å². The van der Waals surface area contributed by atoms with Crippen molar-refractivity contribution in [3.8, 4) is 0 Å². The number of aryl methyl sites for hydroxylation is 1. The van der Waals surface area contributed by atoms with Crippen LogP contribution >= 0.6 is 23.1 Å². The maximum Gasteiger partial charge on any atom is 0.238 e. The monoisotopic (exact) mass is 299 g/mol. The predicted molar refractivity (Wildman–Crippen MR) is 80.5 cm³/mol. The van der Waals surface area contributed by atoms with Gasteiger partial charge in [0.2, 0.25) is 5.91 Å². The number of nitrogens with zero attached hydrogens (tertiary/aromatic N) is 1. The van der Waals surface area contributed by atoms with Gasteiger partial charge in [0.05, 0.1) is 0 Å². The van der Waals surface area contributed by atoms with Gasteiger partial charge >= 0.3 is 0 Å². The van der Waals surface area contributed by atoms with Crippen molar-refractivity contribution < 1.29 is 4.79 Å². The van der Waals surface area contributed by atoms with Crippen molar-refractivity contribution in [2.75, 3.05) is 5.75 Å². The van der Waals surface area contributed by atoms with Crippen LogP contribution in [0.2, 0.25) is 0 Å². The highest BCUT2D eigenvalue weighted by Crippen LogP contribution is 2.43. The lowest BCUT2D eigenvalue weighted by Crippen LogP contribution is -2.61. The highest BCUT2D eigenvalue weighted by Gasteiger charge is 2.50. The van der Waals surface area contributed by atoms with Crippen molar-refractivity contribution in [3.63, 3.8) is 0 Å². The van der Waals surface area contributed by atoms with Crippen LogP contribution in [0.15, 0.2) is 9.72 Å². The van der Waals surface area contributed by atoms with Crippen LogP contribution in [0.4, 0.5) is 0 Å². The SMILES string of the molecule is Cc1csc(SCC(NC(C)C)(C(N)=O)C2CC2)n1. The van der Waals surface area contributed by atoms with Crippen LogP contribution in [-0.2, 0) is 4.79 Å². The maximum absolute atomic E-state index is 12.0. The molecule has 1 amide bonds. The van der Waals surface area contributed by atoms with Gasteiger partial charge in [0.15, 0.2) is 0 Å². The van der Waals surface area contributed by atoms with Crippen LogP contribution < -0.4 is 11.1 Å². The first-order chi connectivity index (χ1) is 8.94. The molecular weight excluding hydrogens is 278 g/mol. The number of aromatic nitrogens is 1. The smallest absolute Gasteiger partial charge is 0.238 e. The van der Waals surface area contributed by atoms with Crippen molar-refractivity contribution in [1.29, 1.82) is 0 Å². The Bertz CT molecular complexity index is 456. The summed E-state index contributed by atoms with van der Waals surface area (Å²) in [6, 6.07) is 0.242. The fraction of sp³-hybridized carbons (Fsp3) is 0.692. The molecule has 0 aliphatic heterocycles. The molecule has 1 aromatic rings. The lowest BCUT2D eigenvalue weighted by Gasteiger charge is -2.33. The molecule has 1 aliphatic rings. The largest absolute Gasteiger partial charge is 0.368 e. The summed E-state index contributed by atoms with van der Waals surface area (Å²) < 4.78 is 1.01. The highest BCUT2D eigenvalue weighted by molar-refractivity contribution is 8.01. The first-order valence-corrected chi connectivity index (χ1v) is 8.43. The minimum absolute atomic E-state index is 0.232. The molecule has 2 rings (SSSR count). The van der Waals surface area contributed by atoms with Crippen molar-refractivity contribution in [2.45, 2.75) is 49.5 Å². The Kier molecular flexibility index (Phi) is 4.53. The fourth-order valence-electron chi connectivity index (χ4n) is 2.29. The van der Waals surface area contributed by atoms with Gasteiger partial charge in [-0.2, -0.15) is 0 Å². The Morgan fingerprint density at radius 2 is 2.37 bits per heavy atom. The lowest BCUT2D eigenvalue weighted by molar-refractivity contribution is -0.124. The van der Waals surface area contributed by atoms with Crippen LogP contribution in [0.5, 0.6) is 0 Å². The Hall–Kier alpha value is -0.590. The summed E-state index contributed by atoms with van der Waals surface area (Å²) in [6.45, 7) is 6.09. The molecular formula is C13H21N3OS2. The molecule has 1 heterocycles. The molecule has 3 N–H and O–H groups in total. The van der Waals surface area contributed by atoms with E-state index in [0.29, 0.717) is 11.7 Å². The van der Waals surface area contributed by atoms with Gasteiger partial charge in [-0.05, 0) is 39.5 Å². The number of hydrogen-bond acceptors (Lipinski definition) is 5. The molecule has 106 valence electrons. The van der Waals surface area contributed by atoms with E-state index < -0.39 is 5.54 Å². The van der Waals surface area contributed by atoms with E-state index in [4.69, 9.17) is 5.73 Å². The molecule has 1 unspecified atom stereocenters. The van der Waals surface area contributed by atoms with Gasteiger partial charge in [-0.15, -0.1) is 11.3 Å². The molecule has 0 bridgehead atoms. The minimum atomic E-state index is -0.585. The zero-order valence-corrected chi connectivity index (χ0v) is 13.2. The van der Waals surface area contributed by atoms with Gasteiger partial charge in [0.25, 0.3) is 0 Å². The summed E-state index contributed by atoms with van der Waals surface area (Å²) in [6.07, 6.45) is 2.17. The van der Waals surface area contributed by atoms with E-state index in [1.165, 1.54) is 0 Å². The Balaban J connectivity index is 2.10. The zero-order valence-electron chi connectivity index (χ0n) is 11.6. The lowest BCUT2D eigenvalue weighted by atomic mass is 9.93. The summed E-state index contributed by atoms with van der Waals surface area (Å²) in [5.41, 5.74) is 6.14.